The van der Waals surface area contributed by atoms with Crippen molar-refractivity contribution in [3.8, 4) is 0 Å². The largest absolute Gasteiger partial charge is 0.328 e. The van der Waals surface area contributed by atoms with Gasteiger partial charge >= 0.3 is 0 Å². The van der Waals surface area contributed by atoms with Gasteiger partial charge in [-0.3, -0.25) is 0 Å². The summed E-state index contributed by atoms with van der Waals surface area (Å²) in [6.07, 6.45) is 5.03. The van der Waals surface area contributed by atoms with E-state index in [0.29, 0.717) is 11.5 Å². The topological polar surface area (TPSA) is 29.3 Å². The van der Waals surface area contributed by atoms with Crippen LogP contribution in [0.1, 0.15) is 53.4 Å². The van der Waals surface area contributed by atoms with Gasteiger partial charge in [0, 0.05) is 12.1 Å². The Labute approximate surface area is 95.2 Å². The van der Waals surface area contributed by atoms with Crippen molar-refractivity contribution in [1.29, 1.82) is 0 Å². The Morgan fingerprint density at radius 1 is 1.40 bits per heavy atom. The Bertz CT molecular complexity index is 183. The van der Waals surface area contributed by atoms with E-state index in [4.69, 9.17) is 5.73 Å². The van der Waals surface area contributed by atoms with Gasteiger partial charge in [-0.25, -0.2) is 0 Å². The van der Waals surface area contributed by atoms with Crippen LogP contribution in [-0.4, -0.2) is 30.1 Å². The lowest BCUT2D eigenvalue weighted by Crippen LogP contribution is -2.34. The predicted molar refractivity (Wildman–Crippen MR) is 66.9 cm³/mol. The van der Waals surface area contributed by atoms with Crippen molar-refractivity contribution in [2.75, 3.05) is 13.1 Å². The molecule has 1 aliphatic rings. The predicted octanol–water partition coefficient (Wildman–Crippen LogP) is 2.62. The first-order chi connectivity index (χ1) is 6.88. The summed E-state index contributed by atoms with van der Waals surface area (Å²) in [5.74, 6) is 0. The summed E-state index contributed by atoms with van der Waals surface area (Å²) in [5, 5.41) is 0. The molecule has 0 spiro atoms. The van der Waals surface area contributed by atoms with Crippen LogP contribution in [-0.2, 0) is 0 Å². The van der Waals surface area contributed by atoms with E-state index in [1.807, 2.05) is 0 Å². The van der Waals surface area contributed by atoms with E-state index in [1.54, 1.807) is 0 Å². The van der Waals surface area contributed by atoms with Crippen LogP contribution in [0, 0.1) is 5.41 Å². The summed E-state index contributed by atoms with van der Waals surface area (Å²) < 4.78 is 0. The molecule has 0 radical (unpaired) electrons. The van der Waals surface area contributed by atoms with Crippen LogP contribution in [0.3, 0.4) is 0 Å². The van der Waals surface area contributed by atoms with Gasteiger partial charge in [-0.05, 0) is 51.1 Å². The molecule has 2 heteroatoms. The molecule has 1 saturated heterocycles. The van der Waals surface area contributed by atoms with E-state index in [2.05, 4.69) is 32.6 Å². The molecule has 90 valence electrons. The van der Waals surface area contributed by atoms with Gasteiger partial charge in [-0.15, -0.1) is 0 Å². The van der Waals surface area contributed by atoms with E-state index < -0.39 is 0 Å². The van der Waals surface area contributed by atoms with Crippen LogP contribution in [0.15, 0.2) is 0 Å². The molecule has 1 heterocycles. The van der Waals surface area contributed by atoms with Gasteiger partial charge in [0.2, 0.25) is 0 Å². The summed E-state index contributed by atoms with van der Waals surface area (Å²) in [6.45, 7) is 11.6. The maximum Gasteiger partial charge on any atom is 0.00674 e. The van der Waals surface area contributed by atoms with Crippen LogP contribution in [0.25, 0.3) is 0 Å². The minimum atomic E-state index is 0.371. The first-order valence-corrected chi connectivity index (χ1v) is 6.38. The van der Waals surface area contributed by atoms with Gasteiger partial charge in [-0.2, -0.15) is 0 Å². The molecule has 0 saturated carbocycles. The lowest BCUT2D eigenvalue weighted by Gasteiger charge is -2.26. The zero-order valence-electron chi connectivity index (χ0n) is 10.9. The minimum Gasteiger partial charge on any atom is -0.328 e. The smallest absolute Gasteiger partial charge is 0.00674 e. The first-order valence-electron chi connectivity index (χ1n) is 6.38. The fraction of sp³-hybridized carbons (Fsp3) is 1.00. The molecule has 2 unspecified atom stereocenters. The zero-order valence-corrected chi connectivity index (χ0v) is 10.9. The normalized spacial score (nSPS) is 25.8. The third-order valence-electron chi connectivity index (χ3n) is 3.35. The highest BCUT2D eigenvalue weighted by molar-refractivity contribution is 4.78. The van der Waals surface area contributed by atoms with Crippen LogP contribution in [0.4, 0.5) is 0 Å². The number of hydrogen-bond donors (Lipinski definition) is 1. The summed E-state index contributed by atoms with van der Waals surface area (Å²) in [4.78, 5) is 2.59. The van der Waals surface area contributed by atoms with Crippen molar-refractivity contribution in [2.24, 2.45) is 11.1 Å². The highest BCUT2D eigenvalue weighted by Crippen LogP contribution is 2.22. The van der Waals surface area contributed by atoms with Crippen molar-refractivity contribution in [3.63, 3.8) is 0 Å². The second-order valence-corrected chi connectivity index (χ2v) is 6.34. The zero-order chi connectivity index (χ0) is 11.5. The van der Waals surface area contributed by atoms with E-state index in [9.17, 15) is 0 Å². The van der Waals surface area contributed by atoms with Gasteiger partial charge in [-0.1, -0.05) is 20.8 Å². The highest BCUT2D eigenvalue weighted by atomic mass is 15.2. The van der Waals surface area contributed by atoms with E-state index in [1.165, 1.54) is 25.9 Å². The standard InChI is InChI=1S/C13H28N2/c1-11-6-5-8-15(11)9-7-12(14)10-13(2,3)4/h11-12H,5-10,14H2,1-4H3. The third-order valence-corrected chi connectivity index (χ3v) is 3.35. The van der Waals surface area contributed by atoms with Crippen LogP contribution in [0.2, 0.25) is 0 Å². The van der Waals surface area contributed by atoms with Crippen LogP contribution < -0.4 is 5.73 Å². The van der Waals surface area contributed by atoms with Crippen LogP contribution >= 0.6 is 0 Å². The van der Waals surface area contributed by atoms with Crippen molar-refractivity contribution in [3.05, 3.63) is 0 Å². The molecule has 2 atom stereocenters. The third kappa shape index (κ3) is 4.98. The molecule has 15 heavy (non-hydrogen) atoms. The van der Waals surface area contributed by atoms with Gasteiger partial charge < -0.3 is 10.6 Å². The average molecular weight is 212 g/mol. The summed E-state index contributed by atoms with van der Waals surface area (Å²) in [6, 6.07) is 1.16. The molecule has 1 rings (SSSR count). The molecule has 0 aliphatic carbocycles. The minimum absolute atomic E-state index is 0.371. The number of nitrogens with zero attached hydrogens (tertiary/aromatic N) is 1. The van der Waals surface area contributed by atoms with Crippen molar-refractivity contribution in [2.45, 2.75) is 65.5 Å². The fourth-order valence-electron chi connectivity index (χ4n) is 2.55. The Balaban J connectivity index is 2.19. The summed E-state index contributed by atoms with van der Waals surface area (Å²) >= 11 is 0. The molecule has 0 bridgehead atoms. The summed E-state index contributed by atoms with van der Waals surface area (Å²) in [5.41, 5.74) is 6.53. The maximum absolute atomic E-state index is 6.16. The second kappa shape index (κ2) is 5.31. The molecule has 2 nitrogen and oxygen atoms in total. The number of hydrogen-bond acceptors (Lipinski definition) is 2. The van der Waals surface area contributed by atoms with Crippen LogP contribution in [0.5, 0.6) is 0 Å². The van der Waals surface area contributed by atoms with Gasteiger partial charge in [0.15, 0.2) is 0 Å². The van der Waals surface area contributed by atoms with E-state index >= 15 is 0 Å². The van der Waals surface area contributed by atoms with E-state index in [-0.39, 0.29) is 0 Å². The van der Waals surface area contributed by atoms with Gasteiger partial charge in [0.1, 0.15) is 0 Å². The molecule has 0 aromatic carbocycles. The quantitative estimate of drug-likeness (QED) is 0.776. The lowest BCUT2D eigenvalue weighted by molar-refractivity contribution is 0.242. The van der Waals surface area contributed by atoms with Gasteiger partial charge in [0.05, 0.1) is 0 Å². The lowest BCUT2D eigenvalue weighted by atomic mass is 9.87. The Hall–Kier alpha value is -0.0800. The molecule has 2 N–H and O–H groups in total. The number of nitrogens with two attached hydrogens (primary N) is 1. The Morgan fingerprint density at radius 2 is 2.07 bits per heavy atom. The molecule has 0 amide bonds. The molecule has 1 fully saturated rings. The molecular weight excluding hydrogens is 184 g/mol. The first kappa shape index (κ1) is 13.0. The molecule has 0 aromatic heterocycles. The monoisotopic (exact) mass is 212 g/mol. The number of rotatable bonds is 4. The molecule has 1 aliphatic heterocycles. The average Bonchev–Trinajstić information content (AvgIpc) is 2.44. The van der Waals surface area contributed by atoms with E-state index in [0.717, 1.165) is 18.9 Å². The van der Waals surface area contributed by atoms with Gasteiger partial charge in [0.25, 0.3) is 0 Å². The second-order valence-electron chi connectivity index (χ2n) is 6.34. The van der Waals surface area contributed by atoms with Crippen molar-refractivity contribution < 1.29 is 0 Å². The molecule has 0 aromatic rings. The molecular formula is C13H28N2. The van der Waals surface area contributed by atoms with Crippen molar-refractivity contribution >= 4 is 0 Å². The van der Waals surface area contributed by atoms with Crippen molar-refractivity contribution in [1.82, 2.24) is 4.90 Å². The Morgan fingerprint density at radius 3 is 2.53 bits per heavy atom. The SMILES string of the molecule is CC1CCCN1CCC(N)CC(C)(C)C. The Kier molecular flexibility index (Phi) is 4.60. The number of likely N-dealkylation sites (tertiary alicyclic amines) is 1. The highest BCUT2D eigenvalue weighted by Gasteiger charge is 2.21. The summed E-state index contributed by atoms with van der Waals surface area (Å²) in [7, 11) is 0. The maximum atomic E-state index is 6.16. The fourth-order valence-corrected chi connectivity index (χ4v) is 2.55.